The van der Waals surface area contributed by atoms with Crippen LogP contribution >= 0.6 is 28.3 Å². The molecule has 1 amide bonds. The number of halogens is 2. The van der Waals surface area contributed by atoms with Crippen LogP contribution < -0.4 is 11.1 Å². The number of rotatable bonds is 5. The van der Waals surface area contributed by atoms with E-state index in [0.29, 0.717) is 19.0 Å². The zero-order valence-corrected chi connectivity index (χ0v) is 13.0. The van der Waals surface area contributed by atoms with E-state index in [0.717, 1.165) is 10.0 Å². The van der Waals surface area contributed by atoms with Gasteiger partial charge in [0.25, 0.3) is 0 Å². The Morgan fingerprint density at radius 3 is 2.95 bits per heavy atom. The molecule has 0 unspecified atom stereocenters. The van der Waals surface area contributed by atoms with Crippen LogP contribution in [0.25, 0.3) is 0 Å². The number of benzene rings is 1. The summed E-state index contributed by atoms with van der Waals surface area (Å²) in [4.78, 5) is 15.4. The van der Waals surface area contributed by atoms with Gasteiger partial charge >= 0.3 is 0 Å². The highest BCUT2D eigenvalue weighted by atomic mass is 79.9. The molecule has 6 nitrogen and oxygen atoms in total. The van der Waals surface area contributed by atoms with Gasteiger partial charge in [0.1, 0.15) is 6.33 Å². The predicted molar refractivity (Wildman–Crippen MR) is 82.8 cm³/mol. The van der Waals surface area contributed by atoms with Gasteiger partial charge in [-0.3, -0.25) is 10.1 Å². The number of hydrogen-bond donors (Lipinski definition) is 2. The Morgan fingerprint density at radius 1 is 1.45 bits per heavy atom. The Balaban J connectivity index is 0.00000200. The number of nitrogens with one attached hydrogen (secondary N) is 1. The van der Waals surface area contributed by atoms with Crippen LogP contribution in [0.5, 0.6) is 0 Å². The summed E-state index contributed by atoms with van der Waals surface area (Å²) in [6.45, 7) is 0.907. The van der Waals surface area contributed by atoms with Gasteiger partial charge in [-0.15, -0.1) is 17.5 Å². The minimum absolute atomic E-state index is 0. The summed E-state index contributed by atoms with van der Waals surface area (Å²) in [6, 6.07) is 7.93. The average Bonchev–Trinajstić information content (AvgIpc) is 2.76. The maximum atomic E-state index is 11.3. The zero-order chi connectivity index (χ0) is 13.7. The van der Waals surface area contributed by atoms with Crippen LogP contribution in [0.3, 0.4) is 0 Å². The third-order valence-electron chi connectivity index (χ3n) is 2.39. The Labute approximate surface area is 131 Å². The lowest BCUT2D eigenvalue weighted by molar-refractivity contribution is -0.116. The van der Waals surface area contributed by atoms with E-state index in [4.69, 9.17) is 5.73 Å². The van der Waals surface area contributed by atoms with Gasteiger partial charge in [0.2, 0.25) is 11.9 Å². The first-order chi connectivity index (χ1) is 9.17. The van der Waals surface area contributed by atoms with Crippen molar-refractivity contribution in [3.05, 3.63) is 40.6 Å². The largest absolute Gasteiger partial charge is 0.330 e. The van der Waals surface area contributed by atoms with Crippen molar-refractivity contribution in [2.24, 2.45) is 5.73 Å². The van der Waals surface area contributed by atoms with E-state index in [1.54, 1.807) is 11.0 Å². The van der Waals surface area contributed by atoms with Crippen LogP contribution in [0.1, 0.15) is 12.0 Å². The molecule has 2 rings (SSSR count). The van der Waals surface area contributed by atoms with E-state index in [9.17, 15) is 4.79 Å². The lowest BCUT2D eigenvalue weighted by atomic mass is 10.2. The fourth-order valence-electron chi connectivity index (χ4n) is 1.57. The molecule has 0 atom stereocenters. The van der Waals surface area contributed by atoms with Gasteiger partial charge in [-0.2, -0.15) is 0 Å². The molecule has 8 heteroatoms. The van der Waals surface area contributed by atoms with E-state index in [1.807, 2.05) is 24.3 Å². The molecule has 108 valence electrons. The molecule has 0 fully saturated rings. The number of anilines is 1. The number of carbonyl (C=O) groups is 1. The summed E-state index contributed by atoms with van der Waals surface area (Å²) in [5.41, 5.74) is 6.39. The van der Waals surface area contributed by atoms with Gasteiger partial charge < -0.3 is 5.73 Å². The molecule has 0 aliphatic carbocycles. The maximum absolute atomic E-state index is 11.3. The average molecular weight is 361 g/mol. The van der Waals surface area contributed by atoms with Gasteiger partial charge in [-0.25, -0.2) is 9.67 Å². The van der Waals surface area contributed by atoms with Crippen molar-refractivity contribution in [2.45, 2.75) is 13.0 Å². The molecule has 0 saturated heterocycles. The van der Waals surface area contributed by atoms with Gasteiger partial charge in [0.15, 0.2) is 0 Å². The lowest BCUT2D eigenvalue weighted by Crippen LogP contribution is -2.17. The van der Waals surface area contributed by atoms with E-state index in [1.165, 1.54) is 0 Å². The summed E-state index contributed by atoms with van der Waals surface area (Å²) in [5, 5.41) is 6.76. The molecule has 1 heterocycles. The predicted octanol–water partition coefficient (Wildman–Crippen LogP) is 1.80. The van der Waals surface area contributed by atoms with Crippen molar-refractivity contribution in [1.29, 1.82) is 0 Å². The first kappa shape index (κ1) is 16.6. The van der Waals surface area contributed by atoms with E-state index in [-0.39, 0.29) is 24.7 Å². The van der Waals surface area contributed by atoms with Crippen molar-refractivity contribution < 1.29 is 4.79 Å². The second-order valence-electron chi connectivity index (χ2n) is 3.98. The highest BCUT2D eigenvalue weighted by Gasteiger charge is 2.05. The molecule has 0 radical (unpaired) electrons. The van der Waals surface area contributed by atoms with Crippen molar-refractivity contribution in [1.82, 2.24) is 14.8 Å². The summed E-state index contributed by atoms with van der Waals surface area (Å²) in [7, 11) is 0. The minimum Gasteiger partial charge on any atom is -0.330 e. The smallest absolute Gasteiger partial charge is 0.248 e. The fraction of sp³-hybridized carbons (Fsp3) is 0.250. The van der Waals surface area contributed by atoms with Crippen molar-refractivity contribution >= 4 is 40.2 Å². The Morgan fingerprint density at radius 2 is 2.25 bits per heavy atom. The standard InChI is InChI=1S/C12H14BrN5O.ClH/c13-10-3-1-2-9(6-10)7-18-8-15-12(17-18)16-11(19)4-5-14;/h1-3,6,8H,4-5,7,14H2,(H,16,17,19);1H. The van der Waals surface area contributed by atoms with Crippen molar-refractivity contribution in [2.75, 3.05) is 11.9 Å². The Kier molecular flexibility index (Phi) is 6.63. The molecule has 0 aliphatic heterocycles. The van der Waals surface area contributed by atoms with E-state index in [2.05, 4.69) is 31.3 Å². The first-order valence-electron chi connectivity index (χ1n) is 5.81. The van der Waals surface area contributed by atoms with Gasteiger partial charge in [0.05, 0.1) is 6.54 Å². The monoisotopic (exact) mass is 359 g/mol. The van der Waals surface area contributed by atoms with Gasteiger partial charge in [-0.1, -0.05) is 28.1 Å². The summed E-state index contributed by atoms with van der Waals surface area (Å²) in [6.07, 6.45) is 1.85. The number of aromatic nitrogens is 3. The van der Waals surface area contributed by atoms with Crippen LogP contribution in [0.2, 0.25) is 0 Å². The summed E-state index contributed by atoms with van der Waals surface area (Å²) in [5.74, 6) is 0.121. The van der Waals surface area contributed by atoms with Crippen LogP contribution in [0.4, 0.5) is 5.95 Å². The van der Waals surface area contributed by atoms with Crippen molar-refractivity contribution in [3.63, 3.8) is 0 Å². The molecule has 1 aromatic heterocycles. The summed E-state index contributed by atoms with van der Waals surface area (Å²) < 4.78 is 2.68. The molecule has 0 bridgehead atoms. The number of hydrogen-bond acceptors (Lipinski definition) is 4. The van der Waals surface area contributed by atoms with Gasteiger partial charge in [-0.05, 0) is 17.7 Å². The third-order valence-corrected chi connectivity index (χ3v) is 2.89. The summed E-state index contributed by atoms with van der Waals surface area (Å²) >= 11 is 3.42. The van der Waals surface area contributed by atoms with E-state index < -0.39 is 0 Å². The number of amides is 1. The fourth-order valence-corrected chi connectivity index (χ4v) is 2.02. The molecular formula is C12H15BrClN5O. The molecule has 0 spiro atoms. The maximum Gasteiger partial charge on any atom is 0.248 e. The number of nitrogens with zero attached hydrogens (tertiary/aromatic N) is 3. The molecule has 1 aromatic carbocycles. The molecule has 3 N–H and O–H groups in total. The van der Waals surface area contributed by atoms with Crippen LogP contribution in [-0.4, -0.2) is 27.2 Å². The minimum atomic E-state index is -0.178. The van der Waals surface area contributed by atoms with Gasteiger partial charge in [0, 0.05) is 17.4 Å². The van der Waals surface area contributed by atoms with Crippen LogP contribution in [0, 0.1) is 0 Å². The Bertz CT molecular complexity index is 574. The zero-order valence-electron chi connectivity index (χ0n) is 10.6. The van der Waals surface area contributed by atoms with E-state index >= 15 is 0 Å². The SMILES string of the molecule is Cl.NCCC(=O)Nc1ncn(Cc2cccc(Br)c2)n1. The second-order valence-corrected chi connectivity index (χ2v) is 4.90. The highest BCUT2D eigenvalue weighted by Crippen LogP contribution is 2.12. The molecule has 0 aliphatic rings. The van der Waals surface area contributed by atoms with Crippen LogP contribution in [-0.2, 0) is 11.3 Å². The molecular weight excluding hydrogens is 346 g/mol. The quantitative estimate of drug-likeness (QED) is 0.851. The molecule has 2 aromatic rings. The lowest BCUT2D eigenvalue weighted by Gasteiger charge is -2.01. The highest BCUT2D eigenvalue weighted by molar-refractivity contribution is 9.10. The van der Waals surface area contributed by atoms with Crippen molar-refractivity contribution in [3.8, 4) is 0 Å². The third kappa shape index (κ3) is 4.92. The second kappa shape index (κ2) is 7.98. The Hall–Kier alpha value is -1.44. The normalized spacial score (nSPS) is 9.90. The number of nitrogens with two attached hydrogens (primary N) is 1. The first-order valence-corrected chi connectivity index (χ1v) is 6.60. The topological polar surface area (TPSA) is 85.8 Å². The number of carbonyl (C=O) groups excluding carboxylic acids is 1. The molecule has 0 saturated carbocycles. The molecule has 20 heavy (non-hydrogen) atoms. The van der Waals surface area contributed by atoms with Crippen LogP contribution in [0.15, 0.2) is 35.1 Å².